The Labute approximate surface area is 164 Å². The van der Waals surface area contributed by atoms with Gasteiger partial charge in [-0.1, -0.05) is 18.2 Å². The zero-order valence-electron chi connectivity index (χ0n) is 15.3. The van der Waals surface area contributed by atoms with Gasteiger partial charge in [-0.25, -0.2) is 4.98 Å². The summed E-state index contributed by atoms with van der Waals surface area (Å²) in [5.74, 6) is 0.0224. The fourth-order valence-corrected chi connectivity index (χ4v) is 2.41. The van der Waals surface area contributed by atoms with Crippen LogP contribution in [0.1, 0.15) is 6.92 Å². The van der Waals surface area contributed by atoms with Crippen LogP contribution in [0.15, 0.2) is 54.7 Å². The van der Waals surface area contributed by atoms with E-state index < -0.39 is 12.1 Å². The van der Waals surface area contributed by atoms with Gasteiger partial charge in [0.2, 0.25) is 5.95 Å². The molecule has 0 unspecified atom stereocenters. The average Bonchev–Trinajstić information content (AvgIpc) is 2.69. The third kappa shape index (κ3) is 5.79. The van der Waals surface area contributed by atoms with Gasteiger partial charge in [-0.15, -0.1) is 13.2 Å². The molecule has 0 spiro atoms. The molecule has 3 rings (SSSR count). The van der Waals surface area contributed by atoms with E-state index in [2.05, 4.69) is 30.3 Å². The van der Waals surface area contributed by atoms with Crippen LogP contribution >= 0.6 is 0 Å². The maximum atomic E-state index is 12.7. The van der Waals surface area contributed by atoms with Crippen molar-refractivity contribution in [1.82, 2.24) is 15.0 Å². The Morgan fingerprint density at radius 1 is 1.07 bits per heavy atom. The number of ether oxygens (including phenoxy) is 1. The van der Waals surface area contributed by atoms with E-state index in [1.165, 1.54) is 18.2 Å². The molecule has 3 aromatic rings. The van der Waals surface area contributed by atoms with Crippen LogP contribution in [-0.2, 0) is 0 Å². The lowest BCUT2D eigenvalue weighted by Crippen LogP contribution is -2.21. The van der Waals surface area contributed by atoms with Gasteiger partial charge < -0.3 is 20.5 Å². The molecule has 1 atom stereocenters. The molecule has 2 heterocycles. The van der Waals surface area contributed by atoms with Gasteiger partial charge in [-0.3, -0.25) is 4.98 Å². The van der Waals surface area contributed by atoms with Gasteiger partial charge in [-0.05, 0) is 31.2 Å². The van der Waals surface area contributed by atoms with Crippen LogP contribution in [0.25, 0.3) is 11.4 Å². The highest BCUT2D eigenvalue weighted by molar-refractivity contribution is 5.68. The van der Waals surface area contributed by atoms with Crippen molar-refractivity contribution in [3.8, 4) is 17.1 Å². The second-order valence-electron chi connectivity index (χ2n) is 6.07. The van der Waals surface area contributed by atoms with E-state index in [0.717, 1.165) is 0 Å². The van der Waals surface area contributed by atoms with Gasteiger partial charge >= 0.3 is 6.36 Å². The molecule has 0 radical (unpaired) electrons. The van der Waals surface area contributed by atoms with Crippen LogP contribution < -0.4 is 15.4 Å². The first-order chi connectivity index (χ1) is 13.8. The Morgan fingerprint density at radius 3 is 2.52 bits per heavy atom. The van der Waals surface area contributed by atoms with Crippen molar-refractivity contribution in [2.24, 2.45) is 0 Å². The number of aliphatic hydroxyl groups excluding tert-OH is 1. The molecule has 29 heavy (non-hydrogen) atoms. The number of hydrogen-bond donors (Lipinski definition) is 3. The highest BCUT2D eigenvalue weighted by Crippen LogP contribution is 2.32. The predicted octanol–water partition coefficient (Wildman–Crippen LogP) is 3.97. The Morgan fingerprint density at radius 2 is 1.83 bits per heavy atom. The summed E-state index contributed by atoms with van der Waals surface area (Å²) < 4.78 is 42.1. The Kier molecular flexibility index (Phi) is 6.13. The molecule has 0 amide bonds. The topological polar surface area (TPSA) is 92.2 Å². The quantitative estimate of drug-likeness (QED) is 0.548. The summed E-state index contributed by atoms with van der Waals surface area (Å²) in [4.78, 5) is 12.9. The molecule has 0 aliphatic carbocycles. The van der Waals surface area contributed by atoms with E-state index in [0.29, 0.717) is 11.4 Å². The summed E-state index contributed by atoms with van der Waals surface area (Å²) in [7, 11) is 0. The van der Waals surface area contributed by atoms with Gasteiger partial charge in [0.05, 0.1) is 23.7 Å². The molecule has 3 N–H and O–H groups in total. The summed E-state index contributed by atoms with van der Waals surface area (Å²) in [6.45, 7) is 1.58. The van der Waals surface area contributed by atoms with Gasteiger partial charge in [0.1, 0.15) is 5.82 Å². The van der Waals surface area contributed by atoms with E-state index in [-0.39, 0.29) is 30.1 Å². The number of hydrogen-bond acceptors (Lipinski definition) is 7. The first-order valence-corrected chi connectivity index (χ1v) is 8.64. The van der Waals surface area contributed by atoms with Crippen LogP contribution in [0.3, 0.4) is 0 Å². The maximum Gasteiger partial charge on any atom is 0.573 e. The number of halogens is 3. The fraction of sp³-hybridized carbons (Fsp3) is 0.211. The minimum absolute atomic E-state index is 0.0802. The van der Waals surface area contributed by atoms with E-state index in [4.69, 9.17) is 0 Å². The van der Waals surface area contributed by atoms with Crippen LogP contribution in [0, 0.1) is 0 Å². The normalized spacial score (nSPS) is 12.3. The third-order valence-electron chi connectivity index (χ3n) is 3.68. The van der Waals surface area contributed by atoms with Crippen molar-refractivity contribution >= 4 is 17.5 Å². The zero-order chi connectivity index (χ0) is 20.9. The lowest BCUT2D eigenvalue weighted by molar-refractivity contribution is -0.274. The fourth-order valence-electron chi connectivity index (χ4n) is 2.41. The van der Waals surface area contributed by atoms with Crippen LogP contribution in [-0.4, -0.2) is 39.1 Å². The second kappa shape index (κ2) is 8.74. The standard InChI is InChI=1S/C19H18F3N5O2/c1-12(11-28)24-18-26-15(13-6-4-5-9-23-13)10-17(27-18)25-14-7-2-3-8-16(14)29-19(20,21)22/h2-10,12,28H,11H2,1H3,(H2,24,25,26,27)/t12-/m1/s1. The Bertz CT molecular complexity index is 954. The van der Waals surface area contributed by atoms with E-state index >= 15 is 0 Å². The maximum absolute atomic E-state index is 12.7. The SMILES string of the molecule is C[C@H](CO)Nc1nc(Nc2ccccc2OC(F)(F)F)cc(-c2ccccn2)n1. The molecular weight excluding hydrogens is 387 g/mol. The molecule has 7 nitrogen and oxygen atoms in total. The number of anilines is 3. The minimum atomic E-state index is -4.83. The first-order valence-electron chi connectivity index (χ1n) is 8.64. The minimum Gasteiger partial charge on any atom is -0.404 e. The summed E-state index contributed by atoms with van der Waals surface area (Å²) in [6.07, 6.45) is -3.23. The molecule has 0 fully saturated rings. The van der Waals surface area contributed by atoms with Crippen molar-refractivity contribution in [3.05, 3.63) is 54.7 Å². The van der Waals surface area contributed by atoms with Gasteiger partial charge in [0, 0.05) is 18.3 Å². The molecule has 152 valence electrons. The second-order valence-corrected chi connectivity index (χ2v) is 6.07. The number of rotatable bonds is 7. The van der Waals surface area contributed by atoms with Crippen molar-refractivity contribution in [3.63, 3.8) is 0 Å². The van der Waals surface area contributed by atoms with Crippen molar-refractivity contribution in [1.29, 1.82) is 0 Å². The number of para-hydroxylation sites is 2. The number of pyridine rings is 1. The molecule has 0 aliphatic heterocycles. The van der Waals surface area contributed by atoms with E-state index in [1.807, 2.05) is 0 Å². The molecule has 0 bridgehead atoms. The number of alkyl halides is 3. The Balaban J connectivity index is 1.98. The molecule has 0 aliphatic rings. The van der Waals surface area contributed by atoms with Crippen LogP contribution in [0.5, 0.6) is 5.75 Å². The summed E-state index contributed by atoms with van der Waals surface area (Å²) >= 11 is 0. The zero-order valence-corrected chi connectivity index (χ0v) is 15.3. The highest BCUT2D eigenvalue weighted by Gasteiger charge is 2.32. The monoisotopic (exact) mass is 405 g/mol. The van der Waals surface area contributed by atoms with Crippen molar-refractivity contribution in [2.45, 2.75) is 19.3 Å². The third-order valence-corrected chi connectivity index (χ3v) is 3.68. The van der Waals surface area contributed by atoms with Gasteiger partial charge in [0.25, 0.3) is 0 Å². The number of nitrogens with zero attached hydrogens (tertiary/aromatic N) is 3. The Hall–Kier alpha value is -3.40. The molecule has 10 heteroatoms. The number of aliphatic hydroxyl groups is 1. The molecule has 1 aromatic carbocycles. The van der Waals surface area contributed by atoms with E-state index in [1.54, 1.807) is 43.5 Å². The van der Waals surface area contributed by atoms with E-state index in [9.17, 15) is 18.3 Å². The van der Waals surface area contributed by atoms with Gasteiger partial charge in [0.15, 0.2) is 5.75 Å². The summed E-state index contributed by atoms with van der Waals surface area (Å²) in [5, 5.41) is 15.0. The lowest BCUT2D eigenvalue weighted by atomic mass is 10.2. The lowest BCUT2D eigenvalue weighted by Gasteiger charge is -2.16. The number of benzene rings is 1. The van der Waals surface area contributed by atoms with Crippen LogP contribution in [0.2, 0.25) is 0 Å². The number of aromatic nitrogens is 3. The first kappa shape index (κ1) is 20.3. The molecule has 0 saturated carbocycles. The smallest absolute Gasteiger partial charge is 0.404 e. The van der Waals surface area contributed by atoms with Crippen LogP contribution in [0.4, 0.5) is 30.6 Å². The number of nitrogens with one attached hydrogen (secondary N) is 2. The van der Waals surface area contributed by atoms with Gasteiger partial charge in [-0.2, -0.15) is 4.98 Å². The van der Waals surface area contributed by atoms with Crippen molar-refractivity contribution < 1.29 is 23.0 Å². The summed E-state index contributed by atoms with van der Waals surface area (Å²) in [5.41, 5.74) is 1.08. The van der Waals surface area contributed by atoms with Crippen molar-refractivity contribution in [2.75, 3.05) is 17.2 Å². The predicted molar refractivity (Wildman–Crippen MR) is 102 cm³/mol. The highest BCUT2D eigenvalue weighted by atomic mass is 19.4. The summed E-state index contributed by atoms with van der Waals surface area (Å²) in [6, 6.07) is 12.1. The molecule has 2 aromatic heterocycles. The molecular formula is C19H18F3N5O2. The molecule has 0 saturated heterocycles. The average molecular weight is 405 g/mol. The largest absolute Gasteiger partial charge is 0.573 e.